The molecular formula is C24H24N3OS+. The van der Waals surface area contributed by atoms with Gasteiger partial charge in [-0.15, -0.1) is 11.3 Å². The Morgan fingerprint density at radius 3 is 2.52 bits per heavy atom. The molecule has 5 heteroatoms. The maximum atomic E-state index is 11.1. The Balaban J connectivity index is 1.47. The van der Waals surface area contributed by atoms with E-state index in [0.717, 1.165) is 37.1 Å². The molecule has 0 saturated carbocycles. The number of phenolic OH excluding ortho intramolecular Hbond substituents is 1. The molecule has 4 aromatic rings. The molecule has 1 aliphatic rings. The number of benzene rings is 2. The van der Waals surface area contributed by atoms with Crippen molar-refractivity contribution in [2.24, 2.45) is 0 Å². The first kappa shape index (κ1) is 18.2. The van der Waals surface area contributed by atoms with Gasteiger partial charge in [-0.25, -0.2) is 0 Å². The summed E-state index contributed by atoms with van der Waals surface area (Å²) >= 11 is 1.76. The highest BCUT2D eigenvalue weighted by molar-refractivity contribution is 7.10. The monoisotopic (exact) mass is 402 g/mol. The van der Waals surface area contributed by atoms with Gasteiger partial charge in [0.05, 0.1) is 36.6 Å². The lowest BCUT2D eigenvalue weighted by atomic mass is 9.99. The summed E-state index contributed by atoms with van der Waals surface area (Å²) in [6, 6.07) is 23.1. The number of phenols is 1. The summed E-state index contributed by atoms with van der Waals surface area (Å²) in [5, 5.41) is 14.2. The van der Waals surface area contributed by atoms with Gasteiger partial charge >= 0.3 is 0 Å². The van der Waals surface area contributed by atoms with Crippen molar-refractivity contribution >= 4 is 27.9 Å². The fourth-order valence-corrected chi connectivity index (χ4v) is 5.29. The lowest BCUT2D eigenvalue weighted by Crippen LogP contribution is -3.15. The molecule has 0 spiro atoms. The van der Waals surface area contributed by atoms with E-state index < -0.39 is 0 Å². The number of pyridine rings is 1. The van der Waals surface area contributed by atoms with Gasteiger partial charge in [-0.05, 0) is 35.7 Å². The van der Waals surface area contributed by atoms with Crippen LogP contribution in [0.2, 0.25) is 0 Å². The number of anilines is 1. The molecule has 2 N–H and O–H groups in total. The van der Waals surface area contributed by atoms with E-state index >= 15 is 0 Å². The summed E-state index contributed by atoms with van der Waals surface area (Å²) in [5.41, 5.74) is 2.95. The number of hydrogen-bond donors (Lipinski definition) is 2. The molecule has 0 radical (unpaired) electrons. The van der Waals surface area contributed by atoms with Gasteiger partial charge in [0, 0.05) is 17.3 Å². The van der Waals surface area contributed by atoms with Crippen molar-refractivity contribution in [3.8, 4) is 5.75 Å². The molecule has 146 valence electrons. The van der Waals surface area contributed by atoms with Crippen molar-refractivity contribution in [1.29, 1.82) is 0 Å². The molecule has 4 nitrogen and oxygen atoms in total. The van der Waals surface area contributed by atoms with Crippen LogP contribution < -0.4 is 9.80 Å². The van der Waals surface area contributed by atoms with E-state index in [-0.39, 0.29) is 6.04 Å². The SMILES string of the molecule is Oc1c(C(c2cccs2)[NH+]2CCN(c3ccccc3)CC2)ccc2cccnc12. The second kappa shape index (κ2) is 7.85. The zero-order chi connectivity index (χ0) is 19.6. The second-order valence-corrected chi connectivity index (χ2v) is 8.49. The summed E-state index contributed by atoms with van der Waals surface area (Å²) < 4.78 is 0. The largest absolute Gasteiger partial charge is 0.505 e. The summed E-state index contributed by atoms with van der Waals surface area (Å²) in [5.74, 6) is 0.319. The number of fused-ring (bicyclic) bond motifs is 1. The van der Waals surface area contributed by atoms with Crippen molar-refractivity contribution in [1.82, 2.24) is 4.98 Å². The number of nitrogens with one attached hydrogen (secondary N) is 1. The molecule has 1 fully saturated rings. The first-order valence-corrected chi connectivity index (χ1v) is 10.9. The molecule has 29 heavy (non-hydrogen) atoms. The van der Waals surface area contributed by atoms with Crippen molar-refractivity contribution in [3.05, 3.63) is 88.7 Å². The Morgan fingerprint density at radius 1 is 0.931 bits per heavy atom. The molecular weight excluding hydrogens is 378 g/mol. The predicted molar refractivity (Wildman–Crippen MR) is 119 cm³/mol. The standard InChI is InChI=1S/C24H23N3OS/c28-24-20(11-10-18-6-4-12-25-22(18)24)23(21-9-5-17-29-21)27-15-13-26(14-16-27)19-7-2-1-3-8-19/h1-12,17,23,28H,13-16H2/p+1. The Bertz CT molecular complexity index is 1090. The van der Waals surface area contributed by atoms with Gasteiger partial charge in [-0.2, -0.15) is 0 Å². The van der Waals surface area contributed by atoms with Gasteiger partial charge in [0.1, 0.15) is 5.52 Å². The molecule has 0 amide bonds. The van der Waals surface area contributed by atoms with Crippen molar-refractivity contribution in [2.45, 2.75) is 6.04 Å². The molecule has 5 rings (SSSR count). The lowest BCUT2D eigenvalue weighted by molar-refractivity contribution is -0.925. The van der Waals surface area contributed by atoms with E-state index in [4.69, 9.17) is 0 Å². The molecule has 2 aromatic carbocycles. The van der Waals surface area contributed by atoms with Crippen LogP contribution in [0, 0.1) is 0 Å². The summed E-state index contributed by atoms with van der Waals surface area (Å²) in [6.07, 6.45) is 1.75. The summed E-state index contributed by atoms with van der Waals surface area (Å²) in [4.78, 5) is 9.67. The Morgan fingerprint density at radius 2 is 1.76 bits per heavy atom. The number of aromatic nitrogens is 1. The average molecular weight is 403 g/mol. The van der Waals surface area contributed by atoms with Gasteiger partial charge < -0.3 is 14.9 Å². The third-order valence-corrected chi connectivity index (χ3v) is 6.79. The molecule has 0 bridgehead atoms. The molecule has 1 atom stereocenters. The fourth-order valence-electron chi connectivity index (χ4n) is 4.39. The highest BCUT2D eigenvalue weighted by atomic mass is 32.1. The molecule has 0 aliphatic carbocycles. The van der Waals surface area contributed by atoms with Gasteiger partial charge in [0.15, 0.2) is 11.8 Å². The van der Waals surface area contributed by atoms with E-state index in [2.05, 4.69) is 69.9 Å². The second-order valence-electron chi connectivity index (χ2n) is 7.51. The van der Waals surface area contributed by atoms with Crippen LogP contribution in [-0.4, -0.2) is 36.3 Å². The smallest absolute Gasteiger partial charge is 0.152 e. The molecule has 2 aromatic heterocycles. The number of thiophene rings is 1. The Labute approximate surface area is 174 Å². The van der Waals surface area contributed by atoms with Crippen LogP contribution >= 0.6 is 11.3 Å². The van der Waals surface area contributed by atoms with Crippen LogP contribution in [0.15, 0.2) is 78.3 Å². The predicted octanol–water partition coefficient (Wildman–Crippen LogP) is 3.50. The minimum atomic E-state index is 0.124. The topological polar surface area (TPSA) is 40.8 Å². The molecule has 1 unspecified atom stereocenters. The normalized spacial score (nSPS) is 16.2. The van der Waals surface area contributed by atoms with Crippen molar-refractivity contribution in [3.63, 3.8) is 0 Å². The van der Waals surface area contributed by atoms with E-state index in [0.29, 0.717) is 11.3 Å². The number of piperazine rings is 1. The first-order valence-electron chi connectivity index (χ1n) is 10.1. The summed E-state index contributed by atoms with van der Waals surface area (Å²) in [7, 11) is 0. The first-order chi connectivity index (χ1) is 14.3. The zero-order valence-electron chi connectivity index (χ0n) is 16.2. The van der Waals surface area contributed by atoms with E-state index in [1.54, 1.807) is 17.5 Å². The molecule has 1 saturated heterocycles. The number of nitrogens with zero attached hydrogens (tertiary/aromatic N) is 2. The summed E-state index contributed by atoms with van der Waals surface area (Å²) in [6.45, 7) is 4.07. The third kappa shape index (κ3) is 3.48. The maximum Gasteiger partial charge on any atom is 0.152 e. The number of hydrogen-bond acceptors (Lipinski definition) is 4. The number of quaternary nitrogens is 1. The van der Waals surface area contributed by atoms with Crippen molar-refractivity contribution in [2.75, 3.05) is 31.1 Å². The van der Waals surface area contributed by atoms with Crippen LogP contribution in [0.25, 0.3) is 10.9 Å². The van der Waals surface area contributed by atoms with Crippen LogP contribution in [0.5, 0.6) is 5.75 Å². The highest BCUT2D eigenvalue weighted by Crippen LogP contribution is 2.34. The van der Waals surface area contributed by atoms with Crippen molar-refractivity contribution < 1.29 is 10.0 Å². The number of para-hydroxylation sites is 1. The molecule has 3 heterocycles. The van der Waals surface area contributed by atoms with Gasteiger partial charge in [-0.1, -0.05) is 36.4 Å². The highest BCUT2D eigenvalue weighted by Gasteiger charge is 2.33. The third-order valence-electron chi connectivity index (χ3n) is 5.85. The van der Waals surface area contributed by atoms with Gasteiger partial charge in [0.2, 0.25) is 0 Å². The van der Waals surface area contributed by atoms with Gasteiger partial charge in [-0.3, -0.25) is 4.98 Å². The maximum absolute atomic E-state index is 11.1. The quantitative estimate of drug-likeness (QED) is 0.549. The minimum absolute atomic E-state index is 0.124. The Hall–Kier alpha value is -2.89. The van der Waals surface area contributed by atoms with Crippen LogP contribution in [0.3, 0.4) is 0 Å². The number of rotatable bonds is 4. The molecule has 1 aliphatic heterocycles. The van der Waals surface area contributed by atoms with Gasteiger partial charge in [0.25, 0.3) is 0 Å². The zero-order valence-corrected chi connectivity index (χ0v) is 17.0. The van der Waals surface area contributed by atoms with E-state index in [1.165, 1.54) is 15.5 Å². The van der Waals surface area contributed by atoms with E-state index in [1.807, 2.05) is 12.1 Å². The minimum Gasteiger partial charge on any atom is -0.505 e. The van der Waals surface area contributed by atoms with Crippen LogP contribution in [0.1, 0.15) is 16.5 Å². The van der Waals surface area contributed by atoms with Crippen LogP contribution in [0.4, 0.5) is 5.69 Å². The fraction of sp³-hybridized carbons (Fsp3) is 0.208. The Kier molecular flexibility index (Phi) is 4.92. The lowest BCUT2D eigenvalue weighted by Gasteiger charge is -2.37. The van der Waals surface area contributed by atoms with E-state index in [9.17, 15) is 5.11 Å². The number of aromatic hydroxyl groups is 1. The van der Waals surface area contributed by atoms with Crippen LogP contribution in [-0.2, 0) is 0 Å². The average Bonchev–Trinajstić information content (AvgIpc) is 3.31.